The number of hydrogen-bond donors (Lipinski definition) is 0. The fourth-order valence-corrected chi connectivity index (χ4v) is 5.53. The van der Waals surface area contributed by atoms with E-state index in [9.17, 15) is 19.2 Å². The second-order valence-corrected chi connectivity index (χ2v) is 9.38. The molecule has 1 aromatic carbocycles. The van der Waals surface area contributed by atoms with E-state index in [4.69, 9.17) is 23.7 Å². The van der Waals surface area contributed by atoms with Gasteiger partial charge in [-0.1, -0.05) is 51.9 Å². The summed E-state index contributed by atoms with van der Waals surface area (Å²) in [6.45, 7) is 4.59. The number of carbonyl (C=O) groups excluding carboxylic acids is 4. The van der Waals surface area contributed by atoms with Gasteiger partial charge in [0, 0.05) is 33.4 Å². The van der Waals surface area contributed by atoms with E-state index in [1.165, 1.54) is 49.3 Å². The monoisotopic (exact) mass is 486 g/mol. The second kappa shape index (κ2) is 12.7. The molecule has 1 heterocycles. The van der Waals surface area contributed by atoms with E-state index in [-0.39, 0.29) is 6.61 Å². The van der Waals surface area contributed by atoms with Crippen molar-refractivity contribution in [3.05, 3.63) is 35.9 Å². The van der Waals surface area contributed by atoms with Gasteiger partial charge >= 0.3 is 23.9 Å². The van der Waals surface area contributed by atoms with E-state index in [1.807, 2.05) is 30.3 Å². The molecular formula is C21H26O9S2. The maximum atomic E-state index is 11.8. The number of hydrogen-bond acceptors (Lipinski definition) is 11. The fraction of sp³-hybridized carbons (Fsp3) is 0.524. The minimum Gasteiger partial charge on any atom is -0.463 e. The lowest BCUT2D eigenvalue weighted by Crippen LogP contribution is -2.61. The smallest absolute Gasteiger partial charge is 0.303 e. The third kappa shape index (κ3) is 8.36. The molecule has 176 valence electrons. The van der Waals surface area contributed by atoms with Gasteiger partial charge in [0.2, 0.25) is 0 Å². The Hall–Kier alpha value is -2.24. The zero-order valence-corrected chi connectivity index (χ0v) is 19.8. The maximum absolute atomic E-state index is 11.8. The summed E-state index contributed by atoms with van der Waals surface area (Å²) < 4.78 is 27.3. The number of esters is 4. The Morgan fingerprint density at radius 1 is 0.812 bits per heavy atom. The molecule has 0 aromatic heterocycles. The normalized spacial score (nSPS) is 24.8. The van der Waals surface area contributed by atoms with Gasteiger partial charge in [-0.3, -0.25) is 19.2 Å². The SMILES string of the molecule is CC(=O)OC[C@H]1O[C@@H](SSCc2ccccc2)[C@@H](OC(C)=O)[C@@H](OC(C)=O)[C@H]1OC(C)=O. The lowest BCUT2D eigenvalue weighted by Gasteiger charge is -2.43. The number of ether oxygens (including phenoxy) is 5. The first-order chi connectivity index (χ1) is 15.2. The van der Waals surface area contributed by atoms with Crippen molar-refractivity contribution in [2.24, 2.45) is 0 Å². The molecule has 0 radical (unpaired) electrons. The summed E-state index contributed by atoms with van der Waals surface area (Å²) >= 11 is 0. The predicted molar refractivity (Wildman–Crippen MR) is 117 cm³/mol. The highest BCUT2D eigenvalue weighted by Gasteiger charge is 2.52. The minimum atomic E-state index is -1.15. The average Bonchev–Trinajstić information content (AvgIpc) is 2.70. The van der Waals surface area contributed by atoms with Crippen LogP contribution >= 0.6 is 21.6 Å². The fourth-order valence-electron chi connectivity index (χ4n) is 3.01. The first-order valence-corrected chi connectivity index (χ1v) is 12.2. The van der Waals surface area contributed by atoms with Crippen LogP contribution < -0.4 is 0 Å². The van der Waals surface area contributed by atoms with Gasteiger partial charge < -0.3 is 23.7 Å². The molecule has 2 rings (SSSR count). The molecule has 1 aliphatic heterocycles. The topological polar surface area (TPSA) is 114 Å². The van der Waals surface area contributed by atoms with Crippen LogP contribution in [0.2, 0.25) is 0 Å². The highest BCUT2D eigenvalue weighted by molar-refractivity contribution is 8.76. The van der Waals surface area contributed by atoms with Crippen molar-refractivity contribution in [2.75, 3.05) is 6.61 Å². The summed E-state index contributed by atoms with van der Waals surface area (Å²) in [4.78, 5) is 46.7. The van der Waals surface area contributed by atoms with Crippen molar-refractivity contribution < 1.29 is 42.9 Å². The number of rotatable bonds is 9. The van der Waals surface area contributed by atoms with Gasteiger partial charge in [-0.2, -0.15) is 0 Å². The number of carbonyl (C=O) groups is 4. The van der Waals surface area contributed by atoms with Gasteiger partial charge in [0.1, 0.15) is 12.7 Å². The van der Waals surface area contributed by atoms with Crippen LogP contribution in [0, 0.1) is 0 Å². The predicted octanol–water partition coefficient (Wildman–Crippen LogP) is 2.65. The molecule has 1 saturated heterocycles. The van der Waals surface area contributed by atoms with Crippen LogP contribution in [0.3, 0.4) is 0 Å². The highest BCUT2D eigenvalue weighted by Crippen LogP contribution is 2.40. The quantitative estimate of drug-likeness (QED) is 0.291. The molecule has 0 bridgehead atoms. The van der Waals surface area contributed by atoms with Gasteiger partial charge in [0.25, 0.3) is 0 Å². The molecule has 0 aliphatic carbocycles. The summed E-state index contributed by atoms with van der Waals surface area (Å²) in [6, 6.07) is 9.71. The maximum Gasteiger partial charge on any atom is 0.303 e. The Labute approximate surface area is 194 Å². The summed E-state index contributed by atoms with van der Waals surface area (Å²) in [5.74, 6) is -1.84. The highest BCUT2D eigenvalue weighted by atomic mass is 33.1. The number of benzene rings is 1. The molecule has 1 fully saturated rings. The summed E-state index contributed by atoms with van der Waals surface area (Å²) in [6.07, 6.45) is -4.28. The average molecular weight is 487 g/mol. The van der Waals surface area contributed by atoms with E-state index in [0.717, 1.165) is 5.56 Å². The van der Waals surface area contributed by atoms with Crippen LogP contribution in [0.5, 0.6) is 0 Å². The van der Waals surface area contributed by atoms with Gasteiger partial charge in [-0.05, 0) is 5.56 Å². The van der Waals surface area contributed by atoms with Crippen molar-refractivity contribution >= 4 is 45.5 Å². The third-order valence-corrected chi connectivity index (χ3v) is 6.67. The molecule has 11 heteroatoms. The molecule has 0 N–H and O–H groups in total. The molecule has 0 saturated carbocycles. The summed E-state index contributed by atoms with van der Waals surface area (Å²) in [7, 11) is 2.73. The standard InChI is InChI=1S/C21H26O9S2/c1-12(22)26-10-17-18(27-13(2)23)19(28-14(3)24)20(29-15(4)25)21(30-17)32-31-11-16-8-6-5-7-9-16/h5-9,17-21H,10-11H2,1-4H3/t17-,18+,19+,20+,21+/m1/s1. The molecule has 32 heavy (non-hydrogen) atoms. The van der Waals surface area contributed by atoms with Crippen LogP contribution in [0.4, 0.5) is 0 Å². The molecule has 0 unspecified atom stereocenters. The third-order valence-electron chi connectivity index (χ3n) is 4.18. The van der Waals surface area contributed by atoms with Crippen molar-refractivity contribution in [3.63, 3.8) is 0 Å². The van der Waals surface area contributed by atoms with E-state index in [1.54, 1.807) is 0 Å². The van der Waals surface area contributed by atoms with Crippen molar-refractivity contribution in [1.82, 2.24) is 0 Å². The molecule has 1 aromatic rings. The van der Waals surface area contributed by atoms with E-state index in [0.29, 0.717) is 5.75 Å². The van der Waals surface area contributed by atoms with Crippen molar-refractivity contribution in [2.45, 2.75) is 63.3 Å². The Bertz CT molecular complexity index is 802. The Balaban J connectivity index is 2.28. The van der Waals surface area contributed by atoms with Gasteiger partial charge in [0.05, 0.1) is 0 Å². The molecule has 9 nitrogen and oxygen atoms in total. The Morgan fingerprint density at radius 2 is 1.38 bits per heavy atom. The van der Waals surface area contributed by atoms with Crippen LogP contribution in [0.1, 0.15) is 33.3 Å². The first kappa shape index (κ1) is 26.0. The van der Waals surface area contributed by atoms with E-state index < -0.39 is 53.7 Å². The minimum absolute atomic E-state index is 0.238. The van der Waals surface area contributed by atoms with Crippen molar-refractivity contribution in [1.29, 1.82) is 0 Å². The molecular weight excluding hydrogens is 460 g/mol. The first-order valence-electron chi connectivity index (χ1n) is 9.80. The lowest BCUT2D eigenvalue weighted by atomic mass is 9.99. The van der Waals surface area contributed by atoms with E-state index in [2.05, 4.69) is 0 Å². The molecule has 5 atom stereocenters. The van der Waals surface area contributed by atoms with Crippen LogP contribution in [-0.4, -0.2) is 60.3 Å². The Morgan fingerprint density at radius 3 is 1.94 bits per heavy atom. The van der Waals surface area contributed by atoms with Crippen molar-refractivity contribution in [3.8, 4) is 0 Å². The van der Waals surface area contributed by atoms with Crippen LogP contribution in [0.25, 0.3) is 0 Å². The van der Waals surface area contributed by atoms with Gasteiger partial charge in [0.15, 0.2) is 23.7 Å². The lowest BCUT2D eigenvalue weighted by molar-refractivity contribution is -0.237. The van der Waals surface area contributed by atoms with Crippen LogP contribution in [-0.2, 0) is 48.6 Å². The molecule has 0 amide bonds. The summed E-state index contributed by atoms with van der Waals surface area (Å²) in [5, 5.41) is 0. The summed E-state index contributed by atoms with van der Waals surface area (Å²) in [5.41, 5.74) is 0.292. The second-order valence-electron chi connectivity index (χ2n) is 6.91. The Kier molecular flexibility index (Phi) is 10.3. The van der Waals surface area contributed by atoms with Crippen LogP contribution in [0.15, 0.2) is 30.3 Å². The zero-order valence-electron chi connectivity index (χ0n) is 18.2. The molecule has 1 aliphatic rings. The van der Waals surface area contributed by atoms with E-state index >= 15 is 0 Å². The molecule has 0 spiro atoms. The zero-order chi connectivity index (χ0) is 23.7. The van der Waals surface area contributed by atoms with Gasteiger partial charge in [-0.25, -0.2) is 0 Å². The largest absolute Gasteiger partial charge is 0.463 e. The van der Waals surface area contributed by atoms with Gasteiger partial charge in [-0.15, -0.1) is 0 Å².